The summed E-state index contributed by atoms with van der Waals surface area (Å²) in [5.41, 5.74) is 3.48. The summed E-state index contributed by atoms with van der Waals surface area (Å²) in [7, 11) is 0. The summed E-state index contributed by atoms with van der Waals surface area (Å²) in [5, 5.41) is 3.70. The first-order valence-electron chi connectivity index (χ1n) is 10.1. The zero-order valence-corrected chi connectivity index (χ0v) is 18.6. The van der Waals surface area contributed by atoms with Crippen molar-refractivity contribution in [3.05, 3.63) is 101 Å². The van der Waals surface area contributed by atoms with Gasteiger partial charge in [0.15, 0.2) is 5.58 Å². The Bertz CT molecular complexity index is 1490. The van der Waals surface area contributed by atoms with Gasteiger partial charge in [-0.05, 0) is 54.6 Å². The van der Waals surface area contributed by atoms with Crippen LogP contribution >= 0.6 is 23.2 Å². The number of rotatable bonds is 5. The van der Waals surface area contributed by atoms with E-state index in [1.165, 1.54) is 6.08 Å². The van der Waals surface area contributed by atoms with Crippen molar-refractivity contribution < 1.29 is 13.6 Å². The Morgan fingerprint density at radius 3 is 2.52 bits per heavy atom. The highest BCUT2D eigenvalue weighted by Crippen LogP contribution is 2.31. The van der Waals surface area contributed by atoms with Gasteiger partial charge in [-0.25, -0.2) is 4.98 Å². The fourth-order valence-corrected chi connectivity index (χ4v) is 3.60. The van der Waals surface area contributed by atoms with Crippen LogP contribution in [-0.4, -0.2) is 10.9 Å². The lowest BCUT2D eigenvalue weighted by Gasteiger charge is -2.00. The van der Waals surface area contributed by atoms with E-state index < -0.39 is 0 Å². The summed E-state index contributed by atoms with van der Waals surface area (Å²) in [6.45, 7) is 0. The summed E-state index contributed by atoms with van der Waals surface area (Å²) >= 11 is 12.1. The van der Waals surface area contributed by atoms with Crippen LogP contribution in [0.15, 0.2) is 93.8 Å². The molecule has 0 spiro atoms. The number of halogens is 2. The van der Waals surface area contributed by atoms with Crippen molar-refractivity contribution in [1.29, 1.82) is 0 Å². The molecule has 0 aliphatic heterocycles. The van der Waals surface area contributed by atoms with Crippen LogP contribution in [-0.2, 0) is 4.79 Å². The number of benzene rings is 3. The number of aromatic nitrogens is 1. The molecule has 1 N–H and O–H groups in total. The van der Waals surface area contributed by atoms with Crippen LogP contribution in [0, 0.1) is 0 Å². The quantitative estimate of drug-likeness (QED) is 0.264. The third-order valence-electron chi connectivity index (χ3n) is 4.91. The van der Waals surface area contributed by atoms with E-state index in [0.717, 1.165) is 11.3 Å². The molecule has 1 amide bonds. The fraction of sp³-hybridized carbons (Fsp3) is 0. The molecule has 33 heavy (non-hydrogen) atoms. The van der Waals surface area contributed by atoms with Crippen LogP contribution in [0.2, 0.25) is 10.0 Å². The van der Waals surface area contributed by atoms with Gasteiger partial charge in [-0.3, -0.25) is 4.79 Å². The standard InChI is InChI=1S/C26H16Cl2N2O3/c27-20-10-6-17(14-21(20)28)26-30-22-15-18(7-11-24(22)33-26)29-25(31)13-9-19-8-12-23(32-19)16-4-2-1-3-5-16/h1-15H,(H,29,31)/b13-9+. The molecule has 0 saturated heterocycles. The number of oxazole rings is 1. The van der Waals surface area contributed by atoms with Crippen molar-refractivity contribution in [3.8, 4) is 22.8 Å². The molecule has 5 nitrogen and oxygen atoms in total. The third kappa shape index (κ3) is 4.70. The van der Waals surface area contributed by atoms with E-state index in [2.05, 4.69) is 10.3 Å². The van der Waals surface area contributed by atoms with E-state index in [-0.39, 0.29) is 5.91 Å². The highest BCUT2D eigenvalue weighted by atomic mass is 35.5. The van der Waals surface area contributed by atoms with Gasteiger partial charge in [0.25, 0.3) is 0 Å². The van der Waals surface area contributed by atoms with Crippen molar-refractivity contribution in [2.75, 3.05) is 5.32 Å². The number of nitrogens with one attached hydrogen (secondary N) is 1. The summed E-state index contributed by atoms with van der Waals surface area (Å²) < 4.78 is 11.6. The molecule has 5 rings (SSSR count). The number of carbonyl (C=O) groups is 1. The first kappa shape index (κ1) is 21.1. The van der Waals surface area contributed by atoms with Gasteiger partial charge in [0.1, 0.15) is 17.0 Å². The molecular formula is C26H16Cl2N2O3. The first-order valence-corrected chi connectivity index (χ1v) is 10.8. The highest BCUT2D eigenvalue weighted by Gasteiger charge is 2.11. The maximum absolute atomic E-state index is 12.4. The summed E-state index contributed by atoms with van der Waals surface area (Å²) in [5.74, 6) is 1.45. The second kappa shape index (κ2) is 8.98. The Morgan fingerprint density at radius 1 is 0.848 bits per heavy atom. The first-order chi connectivity index (χ1) is 16.0. The molecule has 0 bridgehead atoms. The zero-order valence-electron chi connectivity index (χ0n) is 17.1. The number of amides is 1. The van der Waals surface area contributed by atoms with E-state index in [1.807, 2.05) is 42.5 Å². The van der Waals surface area contributed by atoms with Gasteiger partial charge >= 0.3 is 0 Å². The van der Waals surface area contributed by atoms with Crippen molar-refractivity contribution in [1.82, 2.24) is 4.98 Å². The summed E-state index contributed by atoms with van der Waals surface area (Å²) in [6.07, 6.45) is 3.04. The molecule has 0 atom stereocenters. The number of nitrogens with zero attached hydrogens (tertiary/aromatic N) is 1. The molecule has 0 radical (unpaired) electrons. The molecule has 0 unspecified atom stereocenters. The van der Waals surface area contributed by atoms with E-state index in [1.54, 1.807) is 42.5 Å². The summed E-state index contributed by atoms with van der Waals surface area (Å²) in [6, 6.07) is 23.9. The maximum atomic E-state index is 12.4. The molecule has 0 aliphatic carbocycles. The SMILES string of the molecule is O=C(/C=C/c1ccc(-c2ccccc2)o1)Nc1ccc2oc(-c3ccc(Cl)c(Cl)c3)nc2c1. The van der Waals surface area contributed by atoms with Gasteiger partial charge < -0.3 is 14.2 Å². The van der Waals surface area contributed by atoms with Crippen LogP contribution in [0.1, 0.15) is 5.76 Å². The molecule has 2 aromatic heterocycles. The zero-order chi connectivity index (χ0) is 22.8. The predicted octanol–water partition coefficient (Wildman–Crippen LogP) is 7.71. The Balaban J connectivity index is 1.29. The Kier molecular flexibility index (Phi) is 5.73. The van der Waals surface area contributed by atoms with E-state index in [4.69, 9.17) is 32.0 Å². The number of anilines is 1. The normalized spacial score (nSPS) is 11.3. The lowest BCUT2D eigenvalue weighted by Crippen LogP contribution is -2.07. The summed E-state index contributed by atoms with van der Waals surface area (Å²) in [4.78, 5) is 16.9. The smallest absolute Gasteiger partial charge is 0.248 e. The molecule has 0 saturated carbocycles. The van der Waals surface area contributed by atoms with Crippen LogP contribution < -0.4 is 5.32 Å². The minimum Gasteiger partial charge on any atom is -0.457 e. The second-order valence-electron chi connectivity index (χ2n) is 7.22. The molecule has 0 aliphatic rings. The van der Waals surface area contributed by atoms with Crippen molar-refractivity contribution in [3.63, 3.8) is 0 Å². The van der Waals surface area contributed by atoms with Gasteiger partial charge in [-0.2, -0.15) is 0 Å². The minimum atomic E-state index is -0.291. The average molecular weight is 475 g/mol. The molecule has 162 valence electrons. The molecular weight excluding hydrogens is 459 g/mol. The van der Waals surface area contributed by atoms with Crippen LogP contribution in [0.3, 0.4) is 0 Å². The van der Waals surface area contributed by atoms with Gasteiger partial charge in [0.05, 0.1) is 10.0 Å². The number of hydrogen-bond acceptors (Lipinski definition) is 4. The molecule has 5 aromatic rings. The maximum Gasteiger partial charge on any atom is 0.248 e. The lowest BCUT2D eigenvalue weighted by molar-refractivity contribution is -0.111. The Morgan fingerprint density at radius 2 is 1.70 bits per heavy atom. The minimum absolute atomic E-state index is 0.291. The van der Waals surface area contributed by atoms with Crippen LogP contribution in [0.5, 0.6) is 0 Å². The second-order valence-corrected chi connectivity index (χ2v) is 8.04. The number of carbonyl (C=O) groups excluding carboxylic acids is 1. The topological polar surface area (TPSA) is 68.3 Å². The van der Waals surface area contributed by atoms with E-state index in [0.29, 0.717) is 44.0 Å². The molecule has 3 aromatic carbocycles. The van der Waals surface area contributed by atoms with Gasteiger partial charge in [0.2, 0.25) is 11.8 Å². The van der Waals surface area contributed by atoms with Gasteiger partial charge in [-0.1, -0.05) is 53.5 Å². The van der Waals surface area contributed by atoms with Crippen LogP contribution in [0.25, 0.3) is 40.0 Å². The van der Waals surface area contributed by atoms with Gasteiger partial charge in [0, 0.05) is 22.9 Å². The highest BCUT2D eigenvalue weighted by molar-refractivity contribution is 6.42. The molecule has 0 fully saturated rings. The lowest BCUT2D eigenvalue weighted by atomic mass is 10.2. The monoisotopic (exact) mass is 474 g/mol. The largest absolute Gasteiger partial charge is 0.457 e. The average Bonchev–Trinajstić information content (AvgIpc) is 3.47. The fourth-order valence-electron chi connectivity index (χ4n) is 3.30. The van der Waals surface area contributed by atoms with Crippen molar-refractivity contribution >= 4 is 52.0 Å². The van der Waals surface area contributed by atoms with Crippen molar-refractivity contribution in [2.45, 2.75) is 0 Å². The number of furan rings is 1. The van der Waals surface area contributed by atoms with E-state index >= 15 is 0 Å². The molecule has 7 heteroatoms. The Hall–Kier alpha value is -3.80. The van der Waals surface area contributed by atoms with Crippen molar-refractivity contribution in [2.24, 2.45) is 0 Å². The third-order valence-corrected chi connectivity index (χ3v) is 5.64. The molecule has 2 heterocycles. The predicted molar refractivity (Wildman–Crippen MR) is 131 cm³/mol. The Labute approximate surface area is 199 Å². The van der Waals surface area contributed by atoms with E-state index in [9.17, 15) is 4.79 Å². The number of fused-ring (bicyclic) bond motifs is 1. The number of hydrogen-bond donors (Lipinski definition) is 1. The van der Waals surface area contributed by atoms with Gasteiger partial charge in [-0.15, -0.1) is 0 Å². The van der Waals surface area contributed by atoms with Crippen LogP contribution in [0.4, 0.5) is 5.69 Å².